The Bertz CT molecular complexity index is 787. The number of halogens is 3. The summed E-state index contributed by atoms with van der Waals surface area (Å²) in [6.07, 6.45) is -4.40. The van der Waals surface area contributed by atoms with Crippen molar-refractivity contribution in [3.8, 4) is 5.75 Å². The minimum absolute atomic E-state index is 0.0429. The summed E-state index contributed by atoms with van der Waals surface area (Å²) in [7, 11) is 2.79. The summed E-state index contributed by atoms with van der Waals surface area (Å²) in [6, 6.07) is 11.3. The third-order valence-corrected chi connectivity index (χ3v) is 3.47. The first-order chi connectivity index (χ1) is 12.4. The van der Waals surface area contributed by atoms with E-state index in [2.05, 4.69) is 10.5 Å². The van der Waals surface area contributed by atoms with Crippen molar-refractivity contribution in [3.05, 3.63) is 65.2 Å². The van der Waals surface area contributed by atoms with E-state index in [-0.39, 0.29) is 18.1 Å². The number of amides is 1. The highest BCUT2D eigenvalue weighted by Crippen LogP contribution is 2.30. The van der Waals surface area contributed by atoms with Gasteiger partial charge in [0.25, 0.3) is 5.91 Å². The second kappa shape index (κ2) is 8.37. The van der Waals surface area contributed by atoms with Gasteiger partial charge in [-0.15, -0.1) is 0 Å². The molecule has 0 spiro atoms. The molecule has 0 saturated carbocycles. The van der Waals surface area contributed by atoms with Crippen molar-refractivity contribution in [3.63, 3.8) is 0 Å². The van der Waals surface area contributed by atoms with Crippen molar-refractivity contribution in [2.24, 2.45) is 5.16 Å². The van der Waals surface area contributed by atoms with E-state index in [1.807, 2.05) is 0 Å². The molecule has 0 aliphatic rings. The molecule has 0 bridgehead atoms. The van der Waals surface area contributed by atoms with Crippen LogP contribution in [0.15, 0.2) is 53.7 Å². The van der Waals surface area contributed by atoms with Crippen molar-refractivity contribution in [1.82, 2.24) is 5.32 Å². The zero-order valence-electron chi connectivity index (χ0n) is 14.1. The van der Waals surface area contributed by atoms with E-state index < -0.39 is 17.6 Å². The number of likely N-dealkylation sites (N-methyl/N-ethyl adjacent to an activating group) is 1. The molecule has 0 aliphatic carbocycles. The van der Waals surface area contributed by atoms with E-state index in [1.54, 1.807) is 24.3 Å². The molecule has 2 rings (SSSR count). The lowest BCUT2D eigenvalue weighted by molar-refractivity contribution is -0.137. The van der Waals surface area contributed by atoms with Crippen LogP contribution in [-0.4, -0.2) is 25.8 Å². The summed E-state index contributed by atoms with van der Waals surface area (Å²) in [4.78, 5) is 16.7. The third-order valence-electron chi connectivity index (χ3n) is 3.47. The number of benzene rings is 2. The summed E-state index contributed by atoms with van der Waals surface area (Å²) in [5.74, 6) is -0.160. The molecule has 0 saturated heterocycles. The van der Waals surface area contributed by atoms with E-state index in [0.29, 0.717) is 11.1 Å². The van der Waals surface area contributed by atoms with E-state index in [4.69, 9.17) is 9.57 Å². The molecule has 8 heteroatoms. The first kappa shape index (κ1) is 19.3. The van der Waals surface area contributed by atoms with Crippen LogP contribution in [0, 0.1) is 0 Å². The number of rotatable bonds is 6. The zero-order valence-corrected chi connectivity index (χ0v) is 14.1. The number of carbonyl (C=O) groups is 1. The summed E-state index contributed by atoms with van der Waals surface area (Å²) in [6.45, 7) is 0.0429. The summed E-state index contributed by atoms with van der Waals surface area (Å²) >= 11 is 0. The Morgan fingerprint density at radius 1 is 1.12 bits per heavy atom. The predicted molar refractivity (Wildman–Crippen MR) is 89.8 cm³/mol. The van der Waals surface area contributed by atoms with E-state index in [1.165, 1.54) is 26.3 Å². The van der Waals surface area contributed by atoms with Gasteiger partial charge in [-0.05, 0) is 29.8 Å². The van der Waals surface area contributed by atoms with Crippen LogP contribution in [0.4, 0.5) is 13.2 Å². The van der Waals surface area contributed by atoms with Crippen LogP contribution in [0.3, 0.4) is 0 Å². The lowest BCUT2D eigenvalue weighted by Gasteiger charge is -2.13. The average Bonchev–Trinajstić information content (AvgIpc) is 2.64. The van der Waals surface area contributed by atoms with Crippen molar-refractivity contribution >= 4 is 11.6 Å². The molecule has 0 unspecified atom stereocenters. The number of oxime groups is 1. The maximum atomic E-state index is 12.6. The van der Waals surface area contributed by atoms with Crippen LogP contribution < -0.4 is 10.1 Å². The number of nitrogens with zero attached hydrogens (tertiary/aromatic N) is 1. The van der Waals surface area contributed by atoms with E-state index in [9.17, 15) is 18.0 Å². The minimum atomic E-state index is -4.40. The summed E-state index contributed by atoms with van der Waals surface area (Å²) in [5, 5.41) is 6.22. The van der Waals surface area contributed by atoms with Crippen LogP contribution in [-0.2, 0) is 22.4 Å². The third kappa shape index (κ3) is 4.75. The van der Waals surface area contributed by atoms with Crippen LogP contribution in [0.2, 0.25) is 0 Å². The highest BCUT2D eigenvalue weighted by Gasteiger charge is 2.30. The number of nitrogens with one attached hydrogen (secondary N) is 1. The van der Waals surface area contributed by atoms with E-state index in [0.717, 1.165) is 12.1 Å². The minimum Gasteiger partial charge on any atom is -0.489 e. The zero-order chi connectivity index (χ0) is 19.2. The van der Waals surface area contributed by atoms with Gasteiger partial charge < -0.3 is 14.9 Å². The molecule has 2 aromatic carbocycles. The van der Waals surface area contributed by atoms with Crippen LogP contribution in [0.25, 0.3) is 0 Å². The van der Waals surface area contributed by atoms with Gasteiger partial charge in [0.2, 0.25) is 0 Å². The summed E-state index contributed by atoms with van der Waals surface area (Å²) < 4.78 is 43.3. The van der Waals surface area contributed by atoms with Gasteiger partial charge in [0.05, 0.1) is 5.56 Å². The Morgan fingerprint density at radius 2 is 1.77 bits per heavy atom. The molecule has 1 amide bonds. The van der Waals surface area contributed by atoms with E-state index >= 15 is 0 Å². The van der Waals surface area contributed by atoms with Crippen molar-refractivity contribution in [1.29, 1.82) is 0 Å². The smallest absolute Gasteiger partial charge is 0.416 e. The molecular formula is C18H17F3N2O3. The Hall–Kier alpha value is -3.03. The van der Waals surface area contributed by atoms with Crippen LogP contribution >= 0.6 is 0 Å². The van der Waals surface area contributed by atoms with Gasteiger partial charge >= 0.3 is 6.18 Å². The Morgan fingerprint density at radius 3 is 2.35 bits per heavy atom. The fourth-order valence-corrected chi connectivity index (χ4v) is 2.20. The average molecular weight is 366 g/mol. The Kier molecular flexibility index (Phi) is 6.21. The predicted octanol–water partition coefficient (Wildman–Crippen LogP) is 3.38. The first-order valence-corrected chi connectivity index (χ1v) is 7.58. The molecule has 5 nitrogen and oxygen atoms in total. The SMILES string of the molecule is CNC(=O)/C(=N/OC)c1ccccc1COc1ccc(C(F)(F)F)cc1. The highest BCUT2D eigenvalue weighted by atomic mass is 19.4. The monoisotopic (exact) mass is 366 g/mol. The van der Waals surface area contributed by atoms with Gasteiger partial charge in [-0.25, -0.2) is 0 Å². The molecule has 26 heavy (non-hydrogen) atoms. The number of carbonyl (C=O) groups excluding carboxylic acids is 1. The van der Waals surface area contributed by atoms with Crippen molar-refractivity contribution < 1.29 is 27.5 Å². The molecule has 2 aromatic rings. The quantitative estimate of drug-likeness (QED) is 0.630. The number of hydrogen-bond acceptors (Lipinski definition) is 4. The molecular weight excluding hydrogens is 349 g/mol. The van der Waals surface area contributed by atoms with Crippen molar-refractivity contribution in [2.75, 3.05) is 14.2 Å². The van der Waals surface area contributed by atoms with Gasteiger partial charge in [0, 0.05) is 12.6 Å². The maximum Gasteiger partial charge on any atom is 0.416 e. The lowest BCUT2D eigenvalue weighted by atomic mass is 10.0. The topological polar surface area (TPSA) is 59.9 Å². The maximum absolute atomic E-state index is 12.6. The summed E-state index contributed by atoms with van der Waals surface area (Å²) in [5.41, 5.74) is 0.452. The molecule has 0 aromatic heterocycles. The van der Waals surface area contributed by atoms with Gasteiger partial charge in [-0.1, -0.05) is 29.4 Å². The molecule has 1 N–H and O–H groups in total. The highest BCUT2D eigenvalue weighted by molar-refractivity contribution is 6.45. The lowest BCUT2D eigenvalue weighted by Crippen LogP contribution is -2.29. The number of ether oxygens (including phenoxy) is 1. The van der Waals surface area contributed by atoms with Crippen LogP contribution in [0.1, 0.15) is 16.7 Å². The first-order valence-electron chi connectivity index (χ1n) is 7.58. The van der Waals surface area contributed by atoms with Gasteiger partial charge in [0.15, 0.2) is 5.71 Å². The molecule has 0 atom stereocenters. The molecule has 138 valence electrons. The molecule has 0 heterocycles. The second-order valence-electron chi connectivity index (χ2n) is 5.17. The van der Waals surface area contributed by atoms with Crippen molar-refractivity contribution in [2.45, 2.75) is 12.8 Å². The number of hydrogen-bond donors (Lipinski definition) is 1. The normalized spacial score (nSPS) is 11.8. The molecule has 0 aliphatic heterocycles. The van der Waals surface area contributed by atoms with Gasteiger partial charge in [-0.3, -0.25) is 4.79 Å². The largest absolute Gasteiger partial charge is 0.489 e. The van der Waals surface area contributed by atoms with Gasteiger partial charge in [0.1, 0.15) is 19.5 Å². The second-order valence-corrected chi connectivity index (χ2v) is 5.17. The molecule has 0 radical (unpaired) electrons. The standard InChI is InChI=1S/C18H17F3N2O3/c1-22-17(24)16(23-25-2)15-6-4-3-5-12(15)11-26-14-9-7-13(8-10-14)18(19,20)21/h3-10H,11H2,1-2H3,(H,22,24)/b23-16+. The Labute approximate surface area is 148 Å². The molecule has 0 fully saturated rings. The number of alkyl halides is 3. The van der Waals surface area contributed by atoms with Gasteiger partial charge in [-0.2, -0.15) is 13.2 Å². The Balaban J connectivity index is 2.20. The fourth-order valence-electron chi connectivity index (χ4n) is 2.20. The fraction of sp³-hybridized carbons (Fsp3) is 0.222. The van der Waals surface area contributed by atoms with Crippen LogP contribution in [0.5, 0.6) is 5.75 Å².